The van der Waals surface area contributed by atoms with Crippen LogP contribution in [0, 0.1) is 59.2 Å². The Kier molecular flexibility index (Phi) is 6.60. The van der Waals surface area contributed by atoms with Crippen molar-refractivity contribution in [3.63, 3.8) is 0 Å². The van der Waals surface area contributed by atoms with Crippen molar-refractivity contribution in [1.29, 1.82) is 0 Å². The molecule has 0 aromatic rings. The average Bonchev–Trinajstić information content (AvgIpc) is 2.93. The topological polar surface area (TPSA) is 0 Å². The molecule has 8 unspecified atom stereocenters. The van der Waals surface area contributed by atoms with Gasteiger partial charge >= 0.3 is 0 Å². The fourth-order valence-corrected chi connectivity index (χ4v) is 9.10. The fraction of sp³-hybridized carbons (Fsp3) is 1.00. The van der Waals surface area contributed by atoms with Gasteiger partial charge in [0, 0.05) is 0 Å². The van der Waals surface area contributed by atoms with Crippen LogP contribution in [0.2, 0.25) is 0 Å². The predicted molar refractivity (Wildman–Crippen MR) is 118 cm³/mol. The summed E-state index contributed by atoms with van der Waals surface area (Å²) < 4.78 is 0. The van der Waals surface area contributed by atoms with Gasteiger partial charge in [-0.15, -0.1) is 0 Å². The van der Waals surface area contributed by atoms with E-state index in [4.69, 9.17) is 0 Å². The molecule has 156 valence electrons. The second-order valence-electron chi connectivity index (χ2n) is 11.6. The van der Waals surface area contributed by atoms with Gasteiger partial charge in [0.1, 0.15) is 0 Å². The van der Waals surface area contributed by atoms with Gasteiger partial charge in [0.15, 0.2) is 0 Å². The molecule has 0 spiro atoms. The van der Waals surface area contributed by atoms with E-state index in [0.717, 1.165) is 59.2 Å². The first-order valence-corrected chi connectivity index (χ1v) is 13.1. The predicted octanol–water partition coefficient (Wildman–Crippen LogP) is 8.35. The molecule has 8 atom stereocenters. The number of hydrogen-bond donors (Lipinski definition) is 0. The van der Waals surface area contributed by atoms with Crippen LogP contribution in [0.4, 0.5) is 0 Å². The molecule has 0 heterocycles. The van der Waals surface area contributed by atoms with Gasteiger partial charge in [0.2, 0.25) is 0 Å². The molecule has 0 aromatic heterocycles. The van der Waals surface area contributed by atoms with Crippen molar-refractivity contribution in [2.45, 2.75) is 111 Å². The van der Waals surface area contributed by atoms with Gasteiger partial charge in [0.25, 0.3) is 0 Å². The highest BCUT2D eigenvalue weighted by molar-refractivity contribution is 4.99. The summed E-state index contributed by atoms with van der Waals surface area (Å²) in [6, 6.07) is 0. The summed E-state index contributed by atoms with van der Waals surface area (Å²) >= 11 is 0. The lowest BCUT2D eigenvalue weighted by Gasteiger charge is -2.30. The second-order valence-corrected chi connectivity index (χ2v) is 11.6. The molecule has 0 heteroatoms. The molecule has 0 radical (unpaired) electrons. The summed E-state index contributed by atoms with van der Waals surface area (Å²) in [5.41, 5.74) is 0. The van der Waals surface area contributed by atoms with E-state index in [2.05, 4.69) is 27.7 Å². The van der Waals surface area contributed by atoms with E-state index in [0.29, 0.717) is 0 Å². The largest absolute Gasteiger partial charge is 0.0620 e. The lowest BCUT2D eigenvalue weighted by Crippen LogP contribution is -2.23. The zero-order valence-electron chi connectivity index (χ0n) is 19.0. The van der Waals surface area contributed by atoms with Crippen molar-refractivity contribution in [2.75, 3.05) is 0 Å². The highest BCUT2D eigenvalue weighted by Gasteiger charge is 2.50. The lowest BCUT2D eigenvalue weighted by molar-refractivity contribution is 0.187. The van der Waals surface area contributed by atoms with Crippen molar-refractivity contribution in [3.05, 3.63) is 0 Å². The first-order chi connectivity index (χ1) is 13.1. The van der Waals surface area contributed by atoms with Crippen LogP contribution in [0.15, 0.2) is 0 Å². The quantitative estimate of drug-likeness (QED) is 0.457. The van der Waals surface area contributed by atoms with E-state index < -0.39 is 0 Å². The maximum Gasteiger partial charge on any atom is -0.0354 e. The van der Waals surface area contributed by atoms with E-state index in [9.17, 15) is 0 Å². The second kappa shape index (κ2) is 8.79. The Morgan fingerprint density at radius 1 is 0.407 bits per heavy atom. The first kappa shape index (κ1) is 20.3. The van der Waals surface area contributed by atoms with Gasteiger partial charge in [0.05, 0.1) is 0 Å². The molecule has 0 bridgehead atoms. The van der Waals surface area contributed by atoms with E-state index in [1.165, 1.54) is 51.4 Å². The Morgan fingerprint density at radius 3 is 0.926 bits per heavy atom. The Morgan fingerprint density at radius 2 is 0.667 bits per heavy atom. The van der Waals surface area contributed by atoms with Crippen LogP contribution in [0.1, 0.15) is 111 Å². The van der Waals surface area contributed by atoms with Crippen LogP contribution in [0.3, 0.4) is 0 Å². The summed E-state index contributed by atoms with van der Waals surface area (Å²) in [5, 5.41) is 0. The van der Waals surface area contributed by atoms with Crippen molar-refractivity contribution < 1.29 is 0 Å². The minimum atomic E-state index is 0.996. The van der Waals surface area contributed by atoms with Crippen LogP contribution in [-0.4, -0.2) is 0 Å². The Hall–Kier alpha value is 0. The third-order valence-corrected chi connectivity index (χ3v) is 10.7. The normalized spacial score (nSPS) is 51.6. The minimum Gasteiger partial charge on any atom is -0.0620 e. The molecule has 4 fully saturated rings. The van der Waals surface area contributed by atoms with Gasteiger partial charge in [-0.25, -0.2) is 0 Å². The molecule has 4 aliphatic carbocycles. The van der Waals surface area contributed by atoms with Crippen LogP contribution >= 0.6 is 0 Å². The van der Waals surface area contributed by atoms with Crippen LogP contribution < -0.4 is 0 Å². The van der Waals surface area contributed by atoms with E-state index >= 15 is 0 Å². The number of fused-ring (bicyclic) bond motifs is 2. The number of hydrogen-bond acceptors (Lipinski definition) is 0. The summed E-state index contributed by atoms with van der Waals surface area (Å²) in [6.45, 7) is 10.7. The molecule has 4 rings (SSSR count). The Bertz CT molecular complexity index is 385. The SMILES string of the molecule is CC1C(CC2C(C)C3CCCCCCC3C2C)C(C)C2CCCCCCC12. The van der Waals surface area contributed by atoms with E-state index in [-0.39, 0.29) is 0 Å². The Labute approximate surface area is 170 Å². The molecule has 0 aromatic carbocycles. The van der Waals surface area contributed by atoms with Crippen molar-refractivity contribution in [1.82, 2.24) is 0 Å². The number of rotatable bonds is 2. The van der Waals surface area contributed by atoms with Crippen LogP contribution in [0.5, 0.6) is 0 Å². The summed E-state index contributed by atoms with van der Waals surface area (Å²) in [5.74, 6) is 10.3. The van der Waals surface area contributed by atoms with Gasteiger partial charge in [-0.2, -0.15) is 0 Å². The molecule has 0 aliphatic heterocycles. The zero-order chi connectivity index (χ0) is 19.0. The van der Waals surface area contributed by atoms with Crippen molar-refractivity contribution in [3.8, 4) is 0 Å². The molecule has 4 saturated carbocycles. The van der Waals surface area contributed by atoms with Gasteiger partial charge in [-0.05, 0) is 91.3 Å². The molecule has 0 amide bonds. The summed E-state index contributed by atoms with van der Waals surface area (Å²) in [4.78, 5) is 0. The third-order valence-electron chi connectivity index (χ3n) is 10.7. The molecule has 0 nitrogen and oxygen atoms in total. The smallest absolute Gasteiger partial charge is 0.0354 e. The van der Waals surface area contributed by atoms with E-state index in [1.54, 1.807) is 32.1 Å². The standard InChI is InChI=1S/C27H48/c1-18-22-13-9-5-6-10-14-23(22)19(2)26(18)17-27-20(3)24-15-11-7-8-12-16-25(24)21(27)4/h18-27H,5-17H2,1-4H3. The molecular weight excluding hydrogens is 324 g/mol. The molecular formula is C27H48. The van der Waals surface area contributed by atoms with Crippen LogP contribution in [0.25, 0.3) is 0 Å². The monoisotopic (exact) mass is 372 g/mol. The zero-order valence-corrected chi connectivity index (χ0v) is 19.0. The van der Waals surface area contributed by atoms with Gasteiger partial charge < -0.3 is 0 Å². The molecule has 0 N–H and O–H groups in total. The van der Waals surface area contributed by atoms with Crippen LogP contribution in [-0.2, 0) is 0 Å². The first-order valence-electron chi connectivity index (χ1n) is 13.1. The Balaban J connectivity index is 1.47. The molecule has 0 saturated heterocycles. The van der Waals surface area contributed by atoms with Crippen molar-refractivity contribution in [2.24, 2.45) is 59.2 Å². The van der Waals surface area contributed by atoms with E-state index in [1.807, 2.05) is 0 Å². The summed E-state index contributed by atoms with van der Waals surface area (Å²) in [7, 11) is 0. The van der Waals surface area contributed by atoms with Gasteiger partial charge in [-0.1, -0.05) is 79.1 Å². The maximum atomic E-state index is 2.67. The maximum absolute atomic E-state index is 2.67. The average molecular weight is 373 g/mol. The molecule has 4 aliphatic rings. The summed E-state index contributed by atoms with van der Waals surface area (Å²) in [6.07, 6.45) is 19.9. The minimum absolute atomic E-state index is 0.996. The highest BCUT2D eigenvalue weighted by atomic mass is 14.6. The van der Waals surface area contributed by atoms with Gasteiger partial charge in [-0.3, -0.25) is 0 Å². The lowest BCUT2D eigenvalue weighted by atomic mass is 9.75. The third kappa shape index (κ3) is 3.90. The van der Waals surface area contributed by atoms with Crippen molar-refractivity contribution >= 4 is 0 Å². The fourth-order valence-electron chi connectivity index (χ4n) is 9.10. The molecule has 27 heavy (non-hydrogen) atoms. The highest BCUT2D eigenvalue weighted by Crippen LogP contribution is 2.58.